The summed E-state index contributed by atoms with van der Waals surface area (Å²) in [5.41, 5.74) is 11.5. The van der Waals surface area contributed by atoms with Crippen molar-refractivity contribution in [1.82, 2.24) is 0 Å². The number of alkyl halides is 1. The summed E-state index contributed by atoms with van der Waals surface area (Å²) in [6.45, 7) is 1.32. The van der Waals surface area contributed by atoms with E-state index in [0.29, 0.717) is 16.3 Å². The molecule has 0 radical (unpaired) electrons. The van der Waals surface area contributed by atoms with Crippen molar-refractivity contribution >= 4 is 23.3 Å². The van der Waals surface area contributed by atoms with Crippen LogP contribution in [-0.4, -0.2) is 18.8 Å². The van der Waals surface area contributed by atoms with Crippen LogP contribution >= 0.6 is 11.6 Å². The van der Waals surface area contributed by atoms with Gasteiger partial charge in [-0.15, -0.1) is 0 Å². The highest BCUT2D eigenvalue weighted by Gasteiger charge is 2.65. The molecule has 4 N–H and O–H groups in total. The lowest BCUT2D eigenvalue weighted by molar-refractivity contribution is 0.171. The number of benzene rings is 1. The zero-order valence-corrected chi connectivity index (χ0v) is 11.2. The van der Waals surface area contributed by atoms with E-state index in [4.69, 9.17) is 27.8 Å². The molecular weight excluding hydrogens is 269 g/mol. The highest BCUT2D eigenvalue weighted by molar-refractivity contribution is 6.31. The number of nitrogens with two attached hydrogens (primary N) is 2. The van der Waals surface area contributed by atoms with Gasteiger partial charge in [0.15, 0.2) is 0 Å². The molecular formula is C13H15ClFN3O. The van der Waals surface area contributed by atoms with Crippen LogP contribution in [0.4, 0.5) is 10.1 Å². The van der Waals surface area contributed by atoms with E-state index >= 15 is 0 Å². The van der Waals surface area contributed by atoms with Gasteiger partial charge < -0.3 is 16.2 Å². The van der Waals surface area contributed by atoms with Crippen LogP contribution in [0.5, 0.6) is 0 Å². The van der Waals surface area contributed by atoms with Gasteiger partial charge in [0.05, 0.1) is 0 Å². The molecule has 2 aliphatic rings. The molecule has 0 spiro atoms. The molecule has 0 saturated heterocycles. The fourth-order valence-corrected chi connectivity index (χ4v) is 3.34. The molecule has 1 aromatic rings. The van der Waals surface area contributed by atoms with Crippen LogP contribution in [-0.2, 0) is 10.3 Å². The highest BCUT2D eigenvalue weighted by Crippen LogP contribution is 2.58. The minimum absolute atomic E-state index is 0.0155. The summed E-state index contributed by atoms with van der Waals surface area (Å²) in [5.74, 6) is 0.141. The predicted octanol–water partition coefficient (Wildman–Crippen LogP) is 2.07. The average molecular weight is 284 g/mol. The van der Waals surface area contributed by atoms with Crippen molar-refractivity contribution < 1.29 is 9.13 Å². The summed E-state index contributed by atoms with van der Waals surface area (Å²) in [4.78, 5) is 4.23. The molecule has 0 amide bonds. The number of ether oxygens (including phenoxy) is 1. The molecule has 1 heterocycles. The van der Waals surface area contributed by atoms with E-state index in [2.05, 4.69) is 4.99 Å². The number of nitrogen functional groups attached to an aromatic ring is 1. The summed E-state index contributed by atoms with van der Waals surface area (Å²) in [5, 5.41) is 0.447. The van der Waals surface area contributed by atoms with Gasteiger partial charge in [-0.2, -0.15) is 0 Å². The Morgan fingerprint density at radius 1 is 1.47 bits per heavy atom. The number of nitrogens with zero attached hydrogens (tertiary/aromatic N) is 1. The van der Waals surface area contributed by atoms with Crippen LogP contribution < -0.4 is 11.5 Å². The van der Waals surface area contributed by atoms with Gasteiger partial charge in [0.25, 0.3) is 6.02 Å². The summed E-state index contributed by atoms with van der Waals surface area (Å²) < 4.78 is 19.2. The molecule has 1 aliphatic heterocycles. The normalized spacial score (nSPS) is 36.2. The van der Waals surface area contributed by atoms with Gasteiger partial charge >= 0.3 is 0 Å². The summed E-state index contributed by atoms with van der Waals surface area (Å²) in [6.07, 6.45) is -0.0919. The monoisotopic (exact) mass is 283 g/mol. The molecule has 4 nitrogen and oxygen atoms in total. The number of halogens is 2. The highest BCUT2D eigenvalue weighted by atomic mass is 35.5. The van der Waals surface area contributed by atoms with Crippen molar-refractivity contribution in [2.75, 3.05) is 12.4 Å². The molecule has 0 unspecified atom stereocenters. The standard InChI is InChI=1S/C13H15ClFN3O/c1-6-10-11(6)19-12(17)18-13(10,5-15)8-4-7(16)2-3-9(8)14/h2-4,6,10-11H,5,16H2,1H3,(H2,17,18)/t6-,10+,11-,13-/m0/s1. The lowest BCUT2D eigenvalue weighted by atomic mass is 9.85. The quantitative estimate of drug-likeness (QED) is 0.816. The number of anilines is 1. The Hall–Kier alpha value is -1.49. The van der Waals surface area contributed by atoms with E-state index < -0.39 is 12.2 Å². The number of hydrogen-bond acceptors (Lipinski definition) is 4. The first-order chi connectivity index (χ1) is 8.99. The number of aliphatic imine (C=N–C) groups is 1. The Bertz CT molecular complexity index is 565. The summed E-state index contributed by atoms with van der Waals surface area (Å²) >= 11 is 6.20. The first kappa shape index (κ1) is 12.5. The van der Waals surface area contributed by atoms with Gasteiger partial charge in [0, 0.05) is 28.1 Å². The van der Waals surface area contributed by atoms with E-state index in [-0.39, 0.29) is 24.0 Å². The maximum absolute atomic E-state index is 13.8. The van der Waals surface area contributed by atoms with E-state index in [0.717, 1.165) is 0 Å². The summed E-state index contributed by atoms with van der Waals surface area (Å²) in [7, 11) is 0. The zero-order valence-electron chi connectivity index (χ0n) is 10.4. The Kier molecular flexibility index (Phi) is 2.64. The van der Waals surface area contributed by atoms with Crippen molar-refractivity contribution in [3.63, 3.8) is 0 Å². The molecule has 19 heavy (non-hydrogen) atoms. The number of hydrogen-bond donors (Lipinski definition) is 2. The molecule has 4 atom stereocenters. The van der Waals surface area contributed by atoms with Crippen molar-refractivity contribution in [2.24, 2.45) is 22.6 Å². The maximum atomic E-state index is 13.8. The van der Waals surface area contributed by atoms with E-state index in [1.165, 1.54) is 0 Å². The Labute approximate surface area is 115 Å². The Morgan fingerprint density at radius 2 is 2.21 bits per heavy atom. The molecule has 102 valence electrons. The first-order valence-corrected chi connectivity index (χ1v) is 6.51. The lowest BCUT2D eigenvalue weighted by Crippen LogP contribution is -2.39. The fourth-order valence-electron chi connectivity index (χ4n) is 3.06. The van der Waals surface area contributed by atoms with Gasteiger partial charge in [-0.25, -0.2) is 9.38 Å². The van der Waals surface area contributed by atoms with E-state index in [1.807, 2.05) is 6.92 Å². The van der Waals surface area contributed by atoms with Gasteiger partial charge in [-0.3, -0.25) is 0 Å². The SMILES string of the molecule is C[C@@H]1[C@@H]2OC(N)=N[C@@](CF)(c3cc(N)ccc3Cl)[C@H]12. The second-order valence-corrected chi connectivity index (χ2v) is 5.62. The second-order valence-electron chi connectivity index (χ2n) is 5.21. The molecule has 1 aromatic carbocycles. The molecule has 1 fully saturated rings. The van der Waals surface area contributed by atoms with Crippen LogP contribution in [0.25, 0.3) is 0 Å². The lowest BCUT2D eigenvalue weighted by Gasteiger charge is -2.32. The van der Waals surface area contributed by atoms with E-state index in [1.54, 1.807) is 18.2 Å². The van der Waals surface area contributed by atoms with E-state index in [9.17, 15) is 4.39 Å². The van der Waals surface area contributed by atoms with Crippen molar-refractivity contribution in [1.29, 1.82) is 0 Å². The molecule has 0 aromatic heterocycles. The van der Waals surface area contributed by atoms with Crippen LogP contribution in [0.15, 0.2) is 23.2 Å². The second kappa shape index (κ2) is 4.00. The molecule has 1 aliphatic carbocycles. The third-order valence-electron chi connectivity index (χ3n) is 4.08. The Balaban J connectivity index is 2.17. The molecule has 6 heteroatoms. The topological polar surface area (TPSA) is 73.6 Å². The third kappa shape index (κ3) is 1.68. The predicted molar refractivity (Wildman–Crippen MR) is 72.7 cm³/mol. The van der Waals surface area contributed by atoms with Gasteiger partial charge in [-0.05, 0) is 18.2 Å². The molecule has 0 bridgehead atoms. The number of rotatable bonds is 2. The van der Waals surface area contributed by atoms with Gasteiger partial charge in [-0.1, -0.05) is 18.5 Å². The van der Waals surface area contributed by atoms with Crippen LogP contribution in [0.3, 0.4) is 0 Å². The minimum atomic E-state index is -1.07. The average Bonchev–Trinajstić information content (AvgIpc) is 3.02. The molecule has 1 saturated carbocycles. The van der Waals surface area contributed by atoms with Crippen molar-refractivity contribution in [3.8, 4) is 0 Å². The maximum Gasteiger partial charge on any atom is 0.283 e. The number of amidine groups is 1. The van der Waals surface area contributed by atoms with Crippen LogP contribution in [0.2, 0.25) is 5.02 Å². The van der Waals surface area contributed by atoms with Crippen molar-refractivity contribution in [2.45, 2.75) is 18.6 Å². The fraction of sp³-hybridized carbons (Fsp3) is 0.462. The molecule has 3 rings (SSSR count). The van der Waals surface area contributed by atoms with Crippen LogP contribution in [0, 0.1) is 11.8 Å². The smallest absolute Gasteiger partial charge is 0.283 e. The third-order valence-corrected chi connectivity index (χ3v) is 4.41. The van der Waals surface area contributed by atoms with Gasteiger partial charge in [0.1, 0.15) is 18.3 Å². The largest absolute Gasteiger partial charge is 0.461 e. The minimum Gasteiger partial charge on any atom is -0.461 e. The van der Waals surface area contributed by atoms with Crippen molar-refractivity contribution in [3.05, 3.63) is 28.8 Å². The number of fused-ring (bicyclic) bond motifs is 1. The van der Waals surface area contributed by atoms with Gasteiger partial charge in [0.2, 0.25) is 0 Å². The Morgan fingerprint density at radius 3 is 2.89 bits per heavy atom. The summed E-state index contributed by atoms with van der Waals surface area (Å²) in [6, 6.07) is 5.03. The zero-order chi connectivity index (χ0) is 13.8. The first-order valence-electron chi connectivity index (χ1n) is 6.13. The van der Waals surface area contributed by atoms with Crippen LogP contribution in [0.1, 0.15) is 12.5 Å².